The highest BCUT2D eigenvalue weighted by molar-refractivity contribution is 5.90. The van der Waals surface area contributed by atoms with Gasteiger partial charge in [-0.05, 0) is 22.3 Å². The van der Waals surface area contributed by atoms with Gasteiger partial charge in [0.25, 0.3) is 0 Å². The first-order chi connectivity index (χ1) is 16.9. The number of carbonyl (C=O) groups excluding carboxylic acids is 2. The van der Waals surface area contributed by atoms with Crippen LogP contribution in [-0.4, -0.2) is 59.2 Å². The maximum absolute atomic E-state index is 12.9. The van der Waals surface area contributed by atoms with Crippen LogP contribution >= 0.6 is 0 Å². The molecule has 3 N–H and O–H groups in total. The van der Waals surface area contributed by atoms with Crippen molar-refractivity contribution in [3.63, 3.8) is 0 Å². The normalized spacial score (nSPS) is 13.9. The second-order valence-corrected chi connectivity index (χ2v) is 8.20. The number of methoxy groups -OCH3 is 1. The lowest BCUT2D eigenvalue weighted by Gasteiger charge is -2.21. The summed E-state index contributed by atoms with van der Waals surface area (Å²) in [7, 11) is 2.99. The van der Waals surface area contributed by atoms with E-state index in [1.54, 1.807) is 13.2 Å². The number of aliphatic carboxylic acids is 1. The summed E-state index contributed by atoms with van der Waals surface area (Å²) in [5.74, 6) is -2.13. The zero-order valence-corrected chi connectivity index (χ0v) is 19.3. The van der Waals surface area contributed by atoms with Gasteiger partial charge in [0.05, 0.1) is 12.8 Å². The average molecular weight is 479 g/mol. The quantitative estimate of drug-likeness (QED) is 0.430. The number of hydrogen-bond acceptors (Lipinski definition) is 6. The SMILES string of the molecule is COC[C@H](NC(=O)C(NC(=O)OCC1c2ccccc2-c2ccccc21)c1cnn(C)c1)C(=O)O. The number of hydrogen-bond donors (Lipinski definition) is 3. The van der Waals surface area contributed by atoms with E-state index in [1.165, 1.54) is 18.0 Å². The van der Waals surface area contributed by atoms with E-state index < -0.39 is 30.1 Å². The number of aromatic nitrogens is 2. The molecule has 0 radical (unpaired) electrons. The van der Waals surface area contributed by atoms with Gasteiger partial charge < -0.3 is 25.2 Å². The third-order valence-electron chi connectivity index (χ3n) is 5.87. The summed E-state index contributed by atoms with van der Waals surface area (Å²) in [6, 6.07) is 13.4. The topological polar surface area (TPSA) is 132 Å². The van der Waals surface area contributed by atoms with Gasteiger partial charge in [-0.15, -0.1) is 0 Å². The van der Waals surface area contributed by atoms with Crippen molar-refractivity contribution in [2.45, 2.75) is 18.0 Å². The number of rotatable bonds is 9. The van der Waals surface area contributed by atoms with Gasteiger partial charge in [0, 0.05) is 31.8 Å². The molecule has 0 saturated heterocycles. The molecule has 35 heavy (non-hydrogen) atoms. The Kier molecular flexibility index (Phi) is 7.11. The molecule has 0 spiro atoms. The Balaban J connectivity index is 1.48. The van der Waals surface area contributed by atoms with Crippen LogP contribution in [0, 0.1) is 0 Å². The van der Waals surface area contributed by atoms with Crippen LogP contribution in [0.25, 0.3) is 11.1 Å². The van der Waals surface area contributed by atoms with Crippen LogP contribution in [0.2, 0.25) is 0 Å². The van der Waals surface area contributed by atoms with Gasteiger partial charge in [-0.3, -0.25) is 9.48 Å². The molecule has 0 fully saturated rings. The molecule has 1 unspecified atom stereocenters. The number of fused-ring (bicyclic) bond motifs is 3. The molecule has 0 aliphatic heterocycles. The number of carboxylic acids is 1. The lowest BCUT2D eigenvalue weighted by Crippen LogP contribution is -2.49. The first kappa shape index (κ1) is 24.0. The first-order valence-corrected chi connectivity index (χ1v) is 11.0. The van der Waals surface area contributed by atoms with Crippen molar-refractivity contribution in [3.05, 3.63) is 77.6 Å². The van der Waals surface area contributed by atoms with Crippen LogP contribution < -0.4 is 10.6 Å². The Morgan fingerprint density at radius 3 is 2.23 bits per heavy atom. The second kappa shape index (κ2) is 10.4. The number of ether oxygens (including phenoxy) is 2. The summed E-state index contributed by atoms with van der Waals surface area (Å²) in [6.45, 7) is -0.158. The fourth-order valence-electron chi connectivity index (χ4n) is 4.24. The minimum absolute atomic E-state index is 0.0721. The number of benzene rings is 2. The van der Waals surface area contributed by atoms with E-state index in [1.807, 2.05) is 48.5 Å². The monoisotopic (exact) mass is 478 g/mol. The molecule has 1 aromatic heterocycles. The lowest BCUT2D eigenvalue weighted by molar-refractivity contribution is -0.143. The third-order valence-corrected chi connectivity index (χ3v) is 5.87. The van der Waals surface area contributed by atoms with Crippen molar-refractivity contribution in [2.24, 2.45) is 7.05 Å². The molecule has 0 bridgehead atoms. The van der Waals surface area contributed by atoms with Crippen molar-refractivity contribution >= 4 is 18.0 Å². The Morgan fingerprint density at radius 2 is 1.69 bits per heavy atom. The molecule has 0 saturated carbocycles. The molecule has 10 nitrogen and oxygen atoms in total. The van der Waals surface area contributed by atoms with Gasteiger partial charge in [-0.1, -0.05) is 48.5 Å². The maximum atomic E-state index is 12.9. The Morgan fingerprint density at radius 1 is 1.06 bits per heavy atom. The molecule has 4 rings (SSSR count). The standard InChI is InChI=1S/C25H26N4O6/c1-29-12-15(11-26-29)22(23(30)27-21(14-34-2)24(31)32)28-25(33)35-13-20-18-9-5-3-7-16(18)17-8-4-6-10-19(17)20/h3-12,20-22H,13-14H2,1-2H3,(H,27,30)(H,28,33)(H,31,32)/t21-,22?/m0/s1. The zero-order valence-electron chi connectivity index (χ0n) is 19.3. The number of nitrogens with zero attached hydrogens (tertiary/aromatic N) is 2. The van der Waals surface area contributed by atoms with Crippen LogP contribution in [-0.2, 0) is 26.1 Å². The summed E-state index contributed by atoms with van der Waals surface area (Å²) < 4.78 is 11.9. The molecular formula is C25H26N4O6. The number of amides is 2. The predicted molar refractivity (Wildman–Crippen MR) is 126 cm³/mol. The fourth-order valence-corrected chi connectivity index (χ4v) is 4.24. The number of carbonyl (C=O) groups is 3. The van der Waals surface area contributed by atoms with Gasteiger partial charge in [0.1, 0.15) is 12.6 Å². The number of carboxylic acid groups (broad SMARTS) is 1. The Bertz CT molecular complexity index is 1190. The smallest absolute Gasteiger partial charge is 0.408 e. The molecule has 2 amide bonds. The molecule has 2 atom stereocenters. The van der Waals surface area contributed by atoms with Crippen molar-refractivity contribution in [1.29, 1.82) is 0 Å². The number of alkyl carbamates (subject to hydrolysis) is 1. The number of aryl methyl sites for hydroxylation is 1. The van der Waals surface area contributed by atoms with Crippen LogP contribution in [0.1, 0.15) is 28.7 Å². The van der Waals surface area contributed by atoms with E-state index in [0.29, 0.717) is 5.56 Å². The molecular weight excluding hydrogens is 452 g/mol. The minimum Gasteiger partial charge on any atom is -0.480 e. The lowest BCUT2D eigenvalue weighted by atomic mass is 9.98. The van der Waals surface area contributed by atoms with Crippen LogP contribution in [0.5, 0.6) is 0 Å². The zero-order chi connectivity index (χ0) is 24.9. The summed E-state index contributed by atoms with van der Waals surface area (Å²) in [5.41, 5.74) is 4.70. The molecule has 1 aliphatic carbocycles. The minimum atomic E-state index is -1.28. The summed E-state index contributed by atoms with van der Waals surface area (Å²) in [5, 5.41) is 18.3. The van der Waals surface area contributed by atoms with E-state index in [4.69, 9.17) is 9.47 Å². The van der Waals surface area contributed by atoms with E-state index in [9.17, 15) is 19.5 Å². The predicted octanol–water partition coefficient (Wildman–Crippen LogP) is 2.22. The summed E-state index contributed by atoms with van der Waals surface area (Å²) in [4.78, 5) is 37.1. The van der Waals surface area contributed by atoms with E-state index >= 15 is 0 Å². The van der Waals surface area contributed by atoms with Gasteiger partial charge in [0.2, 0.25) is 5.91 Å². The van der Waals surface area contributed by atoms with E-state index in [-0.39, 0.29) is 19.1 Å². The Labute approximate surface area is 201 Å². The average Bonchev–Trinajstić information content (AvgIpc) is 3.42. The van der Waals surface area contributed by atoms with Crippen molar-refractivity contribution < 1.29 is 29.0 Å². The van der Waals surface area contributed by atoms with E-state index in [2.05, 4.69) is 15.7 Å². The third kappa shape index (κ3) is 5.17. The molecule has 182 valence electrons. The van der Waals surface area contributed by atoms with Gasteiger partial charge in [-0.2, -0.15) is 5.10 Å². The maximum Gasteiger partial charge on any atom is 0.408 e. The van der Waals surface area contributed by atoms with Crippen LogP contribution in [0.3, 0.4) is 0 Å². The highest BCUT2D eigenvalue weighted by atomic mass is 16.5. The summed E-state index contributed by atoms with van der Waals surface area (Å²) >= 11 is 0. The summed E-state index contributed by atoms with van der Waals surface area (Å²) in [6.07, 6.45) is 2.16. The van der Waals surface area contributed by atoms with Gasteiger partial charge >= 0.3 is 12.1 Å². The van der Waals surface area contributed by atoms with Gasteiger partial charge in [0.15, 0.2) is 6.04 Å². The highest BCUT2D eigenvalue weighted by Crippen LogP contribution is 2.44. The van der Waals surface area contributed by atoms with Crippen molar-refractivity contribution in [1.82, 2.24) is 20.4 Å². The van der Waals surface area contributed by atoms with Crippen molar-refractivity contribution in [2.75, 3.05) is 20.3 Å². The van der Waals surface area contributed by atoms with Crippen LogP contribution in [0.15, 0.2) is 60.9 Å². The first-order valence-electron chi connectivity index (χ1n) is 11.0. The largest absolute Gasteiger partial charge is 0.480 e. The molecule has 1 heterocycles. The Hall–Kier alpha value is -4.18. The molecule has 2 aromatic carbocycles. The van der Waals surface area contributed by atoms with Crippen LogP contribution in [0.4, 0.5) is 4.79 Å². The van der Waals surface area contributed by atoms with Gasteiger partial charge in [-0.25, -0.2) is 9.59 Å². The second-order valence-electron chi connectivity index (χ2n) is 8.20. The van der Waals surface area contributed by atoms with Crippen molar-refractivity contribution in [3.8, 4) is 11.1 Å². The molecule has 3 aromatic rings. The van der Waals surface area contributed by atoms with E-state index in [0.717, 1.165) is 22.3 Å². The molecule has 1 aliphatic rings. The highest BCUT2D eigenvalue weighted by Gasteiger charge is 2.31. The number of nitrogens with one attached hydrogen (secondary N) is 2. The fraction of sp³-hybridized carbons (Fsp3) is 0.280. The molecule has 10 heteroatoms.